The van der Waals surface area contributed by atoms with E-state index in [4.69, 9.17) is 15.0 Å². The number of rotatable bonds is 3. The lowest BCUT2D eigenvalue weighted by molar-refractivity contribution is 0.371. The van der Waals surface area contributed by atoms with Crippen LogP contribution in [0.2, 0.25) is 0 Å². The Kier molecular flexibility index (Phi) is 2.78. The molecule has 0 amide bonds. The van der Waals surface area contributed by atoms with Gasteiger partial charge in [-0.1, -0.05) is 18.0 Å². The third-order valence-corrected chi connectivity index (χ3v) is 3.63. The lowest BCUT2D eigenvalue weighted by atomic mass is 9.99. The summed E-state index contributed by atoms with van der Waals surface area (Å²) in [5.41, 5.74) is 6.45. The zero-order chi connectivity index (χ0) is 13.5. The minimum Gasteiger partial charge on any atom is -0.481 e. The van der Waals surface area contributed by atoms with Gasteiger partial charge in [0.1, 0.15) is 0 Å². The first-order valence-electron chi connectivity index (χ1n) is 6.34. The van der Waals surface area contributed by atoms with Crippen molar-refractivity contribution in [1.82, 2.24) is 19.9 Å². The number of hydrogen-bond acceptors (Lipinski definition) is 6. The minimum absolute atomic E-state index is 0.380. The second-order valence-electron chi connectivity index (χ2n) is 4.98. The number of nitrogens with zero attached hydrogens (tertiary/aromatic N) is 4. The maximum Gasteiger partial charge on any atom is 0.278 e. The molecular weight excluding hydrogens is 246 g/mol. The van der Waals surface area contributed by atoms with Gasteiger partial charge in [0.25, 0.3) is 5.89 Å². The first-order chi connectivity index (χ1) is 9.12. The van der Waals surface area contributed by atoms with E-state index in [1.54, 1.807) is 24.9 Å². The molecule has 0 aromatic carbocycles. The van der Waals surface area contributed by atoms with Crippen LogP contribution in [0.15, 0.2) is 10.6 Å². The summed E-state index contributed by atoms with van der Waals surface area (Å²) < 4.78 is 12.0. The monoisotopic (exact) mass is 263 g/mol. The second-order valence-corrected chi connectivity index (χ2v) is 4.98. The van der Waals surface area contributed by atoms with Crippen molar-refractivity contribution in [3.05, 3.63) is 11.9 Å². The summed E-state index contributed by atoms with van der Waals surface area (Å²) in [5.74, 6) is 1.59. The van der Waals surface area contributed by atoms with Crippen LogP contribution in [0.5, 0.6) is 5.88 Å². The molecule has 2 heterocycles. The van der Waals surface area contributed by atoms with Gasteiger partial charge in [-0.15, -0.1) is 0 Å². The number of aryl methyl sites for hydroxylation is 1. The number of hydrogen-bond donors (Lipinski definition) is 1. The maximum absolute atomic E-state index is 6.30. The first kappa shape index (κ1) is 12.2. The van der Waals surface area contributed by atoms with Gasteiger partial charge in [0.05, 0.1) is 12.6 Å². The van der Waals surface area contributed by atoms with Crippen LogP contribution in [0.4, 0.5) is 0 Å². The van der Waals surface area contributed by atoms with E-state index in [1.165, 1.54) is 0 Å². The predicted octanol–water partition coefficient (Wildman–Crippen LogP) is 1.21. The normalized spacial score (nSPS) is 17.8. The molecule has 1 aliphatic rings. The van der Waals surface area contributed by atoms with Crippen molar-refractivity contribution in [3.63, 3.8) is 0 Å². The van der Waals surface area contributed by atoms with Gasteiger partial charge in [-0.2, -0.15) is 10.1 Å². The van der Waals surface area contributed by atoms with Crippen molar-refractivity contribution >= 4 is 0 Å². The quantitative estimate of drug-likeness (QED) is 0.894. The highest BCUT2D eigenvalue weighted by atomic mass is 16.5. The van der Waals surface area contributed by atoms with Crippen molar-refractivity contribution in [1.29, 1.82) is 0 Å². The molecule has 0 radical (unpaired) electrons. The third kappa shape index (κ3) is 1.99. The SMILES string of the molecule is COc1cc(-c2nc(C3(N)CCCC3)no2)nn1C. The molecule has 1 saturated carbocycles. The molecule has 1 aliphatic carbocycles. The third-order valence-electron chi connectivity index (χ3n) is 3.63. The van der Waals surface area contributed by atoms with E-state index in [0.29, 0.717) is 23.3 Å². The molecule has 19 heavy (non-hydrogen) atoms. The van der Waals surface area contributed by atoms with Crippen LogP contribution < -0.4 is 10.5 Å². The largest absolute Gasteiger partial charge is 0.481 e. The van der Waals surface area contributed by atoms with Crippen molar-refractivity contribution in [2.24, 2.45) is 12.8 Å². The molecule has 3 rings (SSSR count). The summed E-state index contributed by atoms with van der Waals surface area (Å²) in [6.45, 7) is 0. The fraction of sp³-hybridized carbons (Fsp3) is 0.583. The van der Waals surface area contributed by atoms with Crippen LogP contribution in [0.1, 0.15) is 31.5 Å². The van der Waals surface area contributed by atoms with Crippen LogP contribution in [-0.2, 0) is 12.6 Å². The minimum atomic E-state index is -0.444. The van der Waals surface area contributed by atoms with Crippen LogP contribution >= 0.6 is 0 Å². The molecule has 0 unspecified atom stereocenters. The Morgan fingerprint density at radius 1 is 1.42 bits per heavy atom. The summed E-state index contributed by atoms with van der Waals surface area (Å²) in [5, 5.41) is 8.28. The molecule has 0 bridgehead atoms. The lowest BCUT2D eigenvalue weighted by Crippen LogP contribution is -2.34. The van der Waals surface area contributed by atoms with Gasteiger partial charge in [-0.25, -0.2) is 4.68 Å². The van der Waals surface area contributed by atoms with E-state index >= 15 is 0 Å². The topological polar surface area (TPSA) is 92.0 Å². The molecule has 0 aliphatic heterocycles. The Hall–Kier alpha value is -1.89. The average Bonchev–Trinajstić information content (AvgIpc) is 3.07. The molecule has 1 fully saturated rings. The summed E-state index contributed by atoms with van der Waals surface area (Å²) in [4.78, 5) is 4.39. The standard InChI is InChI=1S/C12H17N5O2/c1-17-9(18-2)7-8(15-17)10-14-11(16-19-10)12(13)5-3-4-6-12/h7H,3-6,13H2,1-2H3. The van der Waals surface area contributed by atoms with Gasteiger partial charge in [0.15, 0.2) is 11.5 Å². The molecule has 0 spiro atoms. The second kappa shape index (κ2) is 4.34. The number of nitrogens with two attached hydrogens (primary N) is 1. The Balaban J connectivity index is 1.92. The Morgan fingerprint density at radius 3 is 2.79 bits per heavy atom. The van der Waals surface area contributed by atoms with Gasteiger partial charge in [0.2, 0.25) is 5.88 Å². The highest BCUT2D eigenvalue weighted by Crippen LogP contribution is 2.35. The van der Waals surface area contributed by atoms with Gasteiger partial charge in [0, 0.05) is 13.1 Å². The number of aromatic nitrogens is 4. The van der Waals surface area contributed by atoms with Crippen LogP contribution in [0.25, 0.3) is 11.6 Å². The Morgan fingerprint density at radius 2 is 2.16 bits per heavy atom. The van der Waals surface area contributed by atoms with Gasteiger partial charge in [-0.3, -0.25) is 0 Å². The average molecular weight is 263 g/mol. The van der Waals surface area contributed by atoms with E-state index < -0.39 is 5.54 Å². The molecule has 7 nitrogen and oxygen atoms in total. The van der Waals surface area contributed by atoms with E-state index in [1.807, 2.05) is 0 Å². The van der Waals surface area contributed by atoms with Crippen molar-refractivity contribution in [2.75, 3.05) is 7.11 Å². The van der Waals surface area contributed by atoms with E-state index in [9.17, 15) is 0 Å². The molecule has 2 N–H and O–H groups in total. The fourth-order valence-corrected chi connectivity index (χ4v) is 2.50. The van der Waals surface area contributed by atoms with E-state index in [-0.39, 0.29) is 0 Å². The molecule has 0 saturated heterocycles. The van der Waals surface area contributed by atoms with Crippen molar-refractivity contribution < 1.29 is 9.26 Å². The van der Waals surface area contributed by atoms with Gasteiger partial charge < -0.3 is 15.0 Å². The number of ether oxygens (including phenoxy) is 1. The molecule has 2 aromatic heterocycles. The van der Waals surface area contributed by atoms with Gasteiger partial charge in [-0.05, 0) is 12.8 Å². The summed E-state index contributed by atoms with van der Waals surface area (Å²) in [6.07, 6.45) is 4.02. The smallest absolute Gasteiger partial charge is 0.278 e. The van der Waals surface area contributed by atoms with E-state index in [0.717, 1.165) is 25.7 Å². The molecule has 0 atom stereocenters. The van der Waals surface area contributed by atoms with Crippen molar-refractivity contribution in [3.8, 4) is 17.5 Å². The zero-order valence-corrected chi connectivity index (χ0v) is 11.1. The van der Waals surface area contributed by atoms with Crippen LogP contribution in [-0.4, -0.2) is 27.0 Å². The number of methoxy groups -OCH3 is 1. The summed E-state index contributed by atoms with van der Waals surface area (Å²) >= 11 is 0. The van der Waals surface area contributed by atoms with Crippen LogP contribution in [0, 0.1) is 0 Å². The Bertz CT molecular complexity index is 583. The zero-order valence-electron chi connectivity index (χ0n) is 11.1. The maximum atomic E-state index is 6.30. The lowest BCUT2D eigenvalue weighted by Gasteiger charge is -2.17. The molecule has 2 aromatic rings. The highest BCUT2D eigenvalue weighted by Gasteiger charge is 2.36. The molecular formula is C12H17N5O2. The molecule has 102 valence electrons. The van der Waals surface area contributed by atoms with Crippen LogP contribution in [0.3, 0.4) is 0 Å². The summed E-state index contributed by atoms with van der Waals surface area (Å²) in [7, 11) is 3.38. The fourth-order valence-electron chi connectivity index (χ4n) is 2.50. The van der Waals surface area contributed by atoms with Crippen molar-refractivity contribution in [2.45, 2.75) is 31.2 Å². The molecule has 7 heteroatoms. The Labute approximate surface area is 110 Å². The highest BCUT2D eigenvalue weighted by molar-refractivity contribution is 5.48. The first-order valence-corrected chi connectivity index (χ1v) is 6.34. The summed E-state index contributed by atoms with van der Waals surface area (Å²) in [6, 6.07) is 1.76. The van der Waals surface area contributed by atoms with E-state index in [2.05, 4.69) is 15.2 Å². The van der Waals surface area contributed by atoms with Gasteiger partial charge >= 0.3 is 0 Å². The predicted molar refractivity (Wildman–Crippen MR) is 67.4 cm³/mol.